The Kier molecular flexibility index (Phi) is 3.36. The van der Waals surface area contributed by atoms with E-state index in [-0.39, 0.29) is 0 Å². The van der Waals surface area contributed by atoms with E-state index >= 15 is 0 Å². The molecule has 5 heteroatoms. The fourth-order valence-corrected chi connectivity index (χ4v) is 1.56. The van der Waals surface area contributed by atoms with E-state index in [1.165, 1.54) is 0 Å². The molecule has 0 aliphatic rings. The molecule has 0 bridgehead atoms. The minimum absolute atomic E-state index is 0.294. The Labute approximate surface area is 94.4 Å². The van der Waals surface area contributed by atoms with Crippen molar-refractivity contribution in [2.75, 3.05) is 19.0 Å². The van der Waals surface area contributed by atoms with Crippen LogP contribution in [0.4, 0.5) is 5.82 Å². The van der Waals surface area contributed by atoms with E-state index in [4.69, 9.17) is 4.74 Å². The first kappa shape index (κ1) is 10.9. The number of rotatable bonds is 5. The smallest absolute Gasteiger partial charge is 0.157 e. The monoisotopic (exact) mass is 220 g/mol. The van der Waals surface area contributed by atoms with Gasteiger partial charge in [-0.1, -0.05) is 6.92 Å². The zero-order valence-electron chi connectivity index (χ0n) is 9.55. The zero-order valence-corrected chi connectivity index (χ0v) is 9.55. The summed E-state index contributed by atoms with van der Waals surface area (Å²) in [4.78, 5) is 4.44. The highest BCUT2D eigenvalue weighted by molar-refractivity contribution is 5.45. The molecule has 0 aromatic carbocycles. The van der Waals surface area contributed by atoms with Crippen LogP contribution in [0.25, 0.3) is 5.65 Å². The summed E-state index contributed by atoms with van der Waals surface area (Å²) in [6.07, 6.45) is 4.63. The lowest BCUT2D eigenvalue weighted by Crippen LogP contribution is -2.24. The van der Waals surface area contributed by atoms with Crippen molar-refractivity contribution in [1.82, 2.24) is 14.6 Å². The maximum absolute atomic E-state index is 5.13. The van der Waals surface area contributed by atoms with Gasteiger partial charge in [0.05, 0.1) is 18.8 Å². The molecule has 2 aromatic heterocycles. The molecule has 0 aliphatic heterocycles. The molecule has 2 rings (SSSR count). The summed E-state index contributed by atoms with van der Waals surface area (Å²) in [5, 5.41) is 7.43. The molecule has 1 atom stereocenters. The van der Waals surface area contributed by atoms with E-state index in [0.717, 1.165) is 17.9 Å². The van der Waals surface area contributed by atoms with Gasteiger partial charge in [0, 0.05) is 19.4 Å². The summed E-state index contributed by atoms with van der Waals surface area (Å²) in [6, 6.07) is 4.09. The highest BCUT2D eigenvalue weighted by atomic mass is 16.5. The molecule has 0 aliphatic carbocycles. The molecule has 0 radical (unpaired) electrons. The predicted molar refractivity (Wildman–Crippen MR) is 62.6 cm³/mol. The van der Waals surface area contributed by atoms with Gasteiger partial charge in [0.15, 0.2) is 5.65 Å². The Morgan fingerprint density at radius 3 is 3.12 bits per heavy atom. The van der Waals surface area contributed by atoms with Crippen LogP contribution >= 0.6 is 0 Å². The van der Waals surface area contributed by atoms with Crippen molar-refractivity contribution in [3.63, 3.8) is 0 Å². The molecule has 1 N–H and O–H groups in total. The first-order valence-corrected chi connectivity index (χ1v) is 5.39. The number of ether oxygens (including phenoxy) is 1. The second-order valence-electron chi connectivity index (χ2n) is 3.65. The summed E-state index contributed by atoms with van der Waals surface area (Å²) >= 11 is 0. The normalized spacial score (nSPS) is 12.9. The summed E-state index contributed by atoms with van der Waals surface area (Å²) in [7, 11) is 1.71. The van der Waals surface area contributed by atoms with Crippen LogP contribution in [0.3, 0.4) is 0 Å². The second-order valence-corrected chi connectivity index (χ2v) is 3.65. The van der Waals surface area contributed by atoms with E-state index in [1.807, 2.05) is 18.3 Å². The number of fused-ring (bicyclic) bond motifs is 1. The van der Waals surface area contributed by atoms with Crippen molar-refractivity contribution >= 4 is 11.5 Å². The molecule has 2 aromatic rings. The van der Waals surface area contributed by atoms with E-state index in [2.05, 4.69) is 22.3 Å². The van der Waals surface area contributed by atoms with Crippen molar-refractivity contribution in [2.45, 2.75) is 19.4 Å². The maximum atomic E-state index is 5.13. The molecule has 86 valence electrons. The van der Waals surface area contributed by atoms with E-state index in [0.29, 0.717) is 12.6 Å². The maximum Gasteiger partial charge on any atom is 0.157 e. The highest BCUT2D eigenvalue weighted by Gasteiger charge is 2.06. The third-order valence-electron chi connectivity index (χ3n) is 2.47. The molecule has 0 fully saturated rings. The summed E-state index contributed by atoms with van der Waals surface area (Å²) in [6.45, 7) is 2.80. The second kappa shape index (κ2) is 4.94. The molecule has 16 heavy (non-hydrogen) atoms. The lowest BCUT2D eigenvalue weighted by atomic mass is 10.2. The van der Waals surface area contributed by atoms with Crippen LogP contribution in [0, 0.1) is 0 Å². The Hall–Kier alpha value is -1.62. The van der Waals surface area contributed by atoms with Crippen LogP contribution in [0.1, 0.15) is 13.3 Å². The molecule has 0 saturated heterocycles. The van der Waals surface area contributed by atoms with Gasteiger partial charge < -0.3 is 10.1 Å². The van der Waals surface area contributed by atoms with Crippen LogP contribution in [-0.2, 0) is 4.74 Å². The first-order valence-electron chi connectivity index (χ1n) is 5.39. The number of hydrogen-bond donors (Lipinski definition) is 1. The molecule has 0 spiro atoms. The van der Waals surface area contributed by atoms with Crippen LogP contribution in [0.15, 0.2) is 24.5 Å². The third-order valence-corrected chi connectivity index (χ3v) is 2.47. The van der Waals surface area contributed by atoms with E-state index in [9.17, 15) is 0 Å². The predicted octanol–water partition coefficient (Wildman–Crippen LogP) is 1.57. The molecular weight excluding hydrogens is 204 g/mol. The summed E-state index contributed by atoms with van der Waals surface area (Å²) in [5.41, 5.74) is 0.845. The van der Waals surface area contributed by atoms with E-state index in [1.54, 1.807) is 17.8 Å². The SMILES string of the molecule is CCC(COC)Nc1ccn2nccc2n1. The number of nitrogens with zero attached hydrogens (tertiary/aromatic N) is 3. The molecule has 2 heterocycles. The van der Waals surface area contributed by atoms with Crippen molar-refractivity contribution in [3.05, 3.63) is 24.5 Å². The van der Waals surface area contributed by atoms with Crippen molar-refractivity contribution in [2.24, 2.45) is 0 Å². The minimum Gasteiger partial charge on any atom is -0.383 e. The molecule has 1 unspecified atom stereocenters. The van der Waals surface area contributed by atoms with Gasteiger partial charge in [0.1, 0.15) is 5.82 Å². The van der Waals surface area contributed by atoms with Gasteiger partial charge >= 0.3 is 0 Å². The fraction of sp³-hybridized carbons (Fsp3) is 0.455. The molecule has 0 saturated carbocycles. The van der Waals surface area contributed by atoms with Crippen molar-refractivity contribution in [3.8, 4) is 0 Å². The number of nitrogens with one attached hydrogen (secondary N) is 1. The van der Waals surface area contributed by atoms with Gasteiger partial charge in [-0.05, 0) is 12.5 Å². The Morgan fingerprint density at radius 1 is 1.50 bits per heavy atom. The Balaban J connectivity index is 2.13. The largest absolute Gasteiger partial charge is 0.383 e. The standard InChI is InChI=1S/C11H16N4O/c1-3-9(8-16-2)13-10-5-7-15-11(14-10)4-6-12-15/h4-7,9H,3,8H2,1-2H3,(H,13,14). The Morgan fingerprint density at radius 2 is 2.38 bits per heavy atom. The molecular formula is C11H16N4O. The number of hydrogen-bond acceptors (Lipinski definition) is 4. The van der Waals surface area contributed by atoms with Gasteiger partial charge in [-0.15, -0.1) is 0 Å². The van der Waals surface area contributed by atoms with Crippen molar-refractivity contribution in [1.29, 1.82) is 0 Å². The topological polar surface area (TPSA) is 51.5 Å². The third kappa shape index (κ3) is 2.30. The molecule has 5 nitrogen and oxygen atoms in total. The van der Waals surface area contributed by atoms with Gasteiger partial charge in [-0.2, -0.15) is 5.10 Å². The Bertz CT molecular complexity index is 454. The quantitative estimate of drug-likeness (QED) is 0.831. The van der Waals surface area contributed by atoms with Crippen LogP contribution in [-0.4, -0.2) is 34.4 Å². The van der Waals surface area contributed by atoms with Crippen molar-refractivity contribution < 1.29 is 4.74 Å². The minimum atomic E-state index is 0.294. The first-order chi connectivity index (χ1) is 7.83. The summed E-state index contributed by atoms with van der Waals surface area (Å²) < 4.78 is 6.87. The number of aromatic nitrogens is 3. The van der Waals surface area contributed by atoms with Crippen LogP contribution in [0.5, 0.6) is 0 Å². The van der Waals surface area contributed by atoms with Crippen LogP contribution < -0.4 is 5.32 Å². The van der Waals surface area contributed by atoms with E-state index < -0.39 is 0 Å². The highest BCUT2D eigenvalue weighted by Crippen LogP contribution is 2.08. The summed E-state index contributed by atoms with van der Waals surface area (Å²) in [5.74, 6) is 0.858. The average molecular weight is 220 g/mol. The fourth-order valence-electron chi connectivity index (χ4n) is 1.56. The zero-order chi connectivity index (χ0) is 11.4. The average Bonchev–Trinajstić information content (AvgIpc) is 2.75. The van der Waals surface area contributed by atoms with Gasteiger partial charge in [0.25, 0.3) is 0 Å². The lowest BCUT2D eigenvalue weighted by molar-refractivity contribution is 0.184. The van der Waals surface area contributed by atoms with Gasteiger partial charge in [0.2, 0.25) is 0 Å². The van der Waals surface area contributed by atoms with Gasteiger partial charge in [-0.3, -0.25) is 0 Å². The number of methoxy groups -OCH3 is 1. The van der Waals surface area contributed by atoms with Gasteiger partial charge in [-0.25, -0.2) is 9.50 Å². The van der Waals surface area contributed by atoms with Crippen LogP contribution in [0.2, 0.25) is 0 Å². The lowest BCUT2D eigenvalue weighted by Gasteiger charge is -2.16. The molecule has 0 amide bonds. The number of anilines is 1.